The Balaban J connectivity index is 2.25. The second-order valence-corrected chi connectivity index (χ2v) is 7.97. The number of thioether (sulfide) groups is 2. The molecule has 0 aromatic heterocycles. The summed E-state index contributed by atoms with van der Waals surface area (Å²) in [6, 6.07) is 9.26. The van der Waals surface area contributed by atoms with Crippen LogP contribution in [0.2, 0.25) is 0 Å². The lowest BCUT2D eigenvalue weighted by Crippen LogP contribution is -2.74. The van der Waals surface area contributed by atoms with E-state index in [1.54, 1.807) is 12.5 Å². The van der Waals surface area contributed by atoms with Crippen LogP contribution < -0.4 is 0 Å². The highest BCUT2D eigenvalue weighted by Gasteiger charge is 2.67. The zero-order chi connectivity index (χ0) is 18.0. The first-order chi connectivity index (χ1) is 11.3. The third kappa shape index (κ3) is 3.12. The van der Waals surface area contributed by atoms with Crippen molar-refractivity contribution in [1.29, 1.82) is 0 Å². The van der Waals surface area contributed by atoms with Crippen molar-refractivity contribution in [3.05, 3.63) is 35.9 Å². The Kier molecular flexibility index (Phi) is 6.35. The van der Waals surface area contributed by atoms with Gasteiger partial charge in [0.05, 0.1) is 13.2 Å². The molecule has 1 fully saturated rings. The second kappa shape index (κ2) is 7.74. The third-order valence-electron chi connectivity index (χ3n) is 4.31. The number of benzene rings is 1. The van der Waals surface area contributed by atoms with Gasteiger partial charge >= 0.3 is 0 Å². The molecule has 1 aliphatic carbocycles. The molecule has 0 spiro atoms. The number of carbonyl (C=O) groups is 1. The monoisotopic (exact) mass is 374 g/mol. The molecule has 6 nitrogen and oxygen atoms in total. The number of aliphatic hydroxyl groups excluding tert-OH is 3. The van der Waals surface area contributed by atoms with Gasteiger partial charge in [-0.05, 0) is 18.1 Å². The quantitative estimate of drug-likeness (QED) is 0.517. The fourth-order valence-corrected chi connectivity index (χ4v) is 5.31. The molecule has 0 aliphatic heterocycles. The molecular formula is C16H22O6S2. The van der Waals surface area contributed by atoms with E-state index in [1.165, 1.54) is 0 Å². The van der Waals surface area contributed by atoms with Gasteiger partial charge in [-0.15, -0.1) is 23.5 Å². The maximum absolute atomic E-state index is 12.5. The van der Waals surface area contributed by atoms with Crippen molar-refractivity contribution in [3.8, 4) is 0 Å². The van der Waals surface area contributed by atoms with Gasteiger partial charge in [0.25, 0.3) is 0 Å². The van der Waals surface area contributed by atoms with Crippen LogP contribution in [0.3, 0.4) is 0 Å². The summed E-state index contributed by atoms with van der Waals surface area (Å²) in [5, 5.41) is 41.3. The lowest BCUT2D eigenvalue weighted by Gasteiger charge is -2.52. The second-order valence-electron chi connectivity index (χ2n) is 5.67. The molecule has 2 rings (SSSR count). The van der Waals surface area contributed by atoms with Gasteiger partial charge < -0.3 is 25.2 Å². The maximum Gasteiger partial charge on any atom is 0.193 e. The predicted octanol–water partition coefficient (Wildman–Crippen LogP) is 0.0220. The Morgan fingerprint density at radius 3 is 2.25 bits per heavy atom. The fraction of sp³-hybridized carbons (Fsp3) is 0.562. The molecular weight excluding hydrogens is 352 g/mol. The number of Topliss-reactive ketones (excluding diaryl/α,β-unsaturated/α-hetero) is 1. The van der Waals surface area contributed by atoms with Crippen LogP contribution in [0.15, 0.2) is 30.3 Å². The van der Waals surface area contributed by atoms with Crippen molar-refractivity contribution in [2.45, 2.75) is 34.6 Å². The van der Waals surface area contributed by atoms with Gasteiger partial charge in [0.15, 0.2) is 9.86 Å². The summed E-state index contributed by atoms with van der Waals surface area (Å²) in [4.78, 5) is 12.5. The molecule has 4 unspecified atom stereocenters. The van der Waals surface area contributed by atoms with E-state index in [0.717, 1.165) is 29.1 Å². The average molecular weight is 374 g/mol. The lowest BCUT2D eigenvalue weighted by molar-refractivity contribution is -0.205. The topological polar surface area (TPSA) is 107 Å². The molecule has 4 atom stereocenters. The van der Waals surface area contributed by atoms with Gasteiger partial charge in [-0.1, -0.05) is 30.3 Å². The maximum atomic E-state index is 12.5. The SMILES string of the molecule is CSC1(SC)C(=O)C(O)C(O)C(O)C1(O)COCc1ccccc1. The molecule has 0 saturated heterocycles. The number of carbonyl (C=O) groups excluding carboxylic acids is 1. The van der Waals surface area contributed by atoms with Gasteiger partial charge in [0, 0.05) is 0 Å². The Morgan fingerprint density at radius 1 is 1.12 bits per heavy atom. The first-order valence-electron chi connectivity index (χ1n) is 7.37. The number of hydrogen-bond donors (Lipinski definition) is 4. The van der Waals surface area contributed by atoms with E-state index in [1.807, 2.05) is 30.3 Å². The summed E-state index contributed by atoms with van der Waals surface area (Å²) in [6.45, 7) is -0.179. The number of rotatable bonds is 6. The molecule has 24 heavy (non-hydrogen) atoms. The van der Waals surface area contributed by atoms with Gasteiger partial charge in [-0.25, -0.2) is 0 Å². The van der Waals surface area contributed by atoms with Crippen LogP contribution in [0.25, 0.3) is 0 Å². The summed E-state index contributed by atoms with van der Waals surface area (Å²) >= 11 is 2.03. The highest BCUT2D eigenvalue weighted by Crippen LogP contribution is 2.50. The zero-order valence-electron chi connectivity index (χ0n) is 13.5. The number of aliphatic hydroxyl groups is 4. The highest BCUT2D eigenvalue weighted by molar-refractivity contribution is 8.19. The molecule has 1 aliphatic rings. The third-order valence-corrected chi connectivity index (χ3v) is 7.57. The van der Waals surface area contributed by atoms with Gasteiger partial charge in [-0.3, -0.25) is 4.79 Å². The van der Waals surface area contributed by atoms with E-state index in [-0.39, 0.29) is 13.2 Å². The zero-order valence-corrected chi connectivity index (χ0v) is 15.1. The summed E-state index contributed by atoms with van der Waals surface area (Å²) in [5.74, 6) is -0.730. The van der Waals surface area contributed by atoms with E-state index in [2.05, 4.69) is 0 Å². The van der Waals surface area contributed by atoms with Gasteiger partial charge in [0.2, 0.25) is 0 Å². The van der Waals surface area contributed by atoms with Crippen LogP contribution in [0.5, 0.6) is 0 Å². The Hall–Kier alpha value is -0.610. The molecule has 8 heteroatoms. The standard InChI is InChI=1S/C16H22O6S2/c1-23-16(24-2)14(20)12(18)11(17)13(19)15(16,21)9-22-8-10-6-4-3-5-7-10/h3-7,11-13,17-19,21H,8-9H2,1-2H3. The summed E-state index contributed by atoms with van der Waals surface area (Å²) in [5.41, 5.74) is -1.17. The van der Waals surface area contributed by atoms with E-state index in [9.17, 15) is 25.2 Å². The first-order valence-corrected chi connectivity index (χ1v) is 9.82. The molecule has 0 heterocycles. The molecule has 1 aromatic rings. The minimum absolute atomic E-state index is 0.182. The smallest absolute Gasteiger partial charge is 0.193 e. The minimum atomic E-state index is -2.05. The predicted molar refractivity (Wildman–Crippen MR) is 93.8 cm³/mol. The molecule has 134 valence electrons. The Bertz CT molecular complexity index is 565. The largest absolute Gasteiger partial charge is 0.387 e. The molecule has 1 aromatic carbocycles. The number of ketones is 1. The van der Waals surface area contributed by atoms with Crippen LogP contribution >= 0.6 is 23.5 Å². The van der Waals surface area contributed by atoms with Crippen LogP contribution in [-0.4, -0.2) is 73.3 Å². The van der Waals surface area contributed by atoms with Gasteiger partial charge in [0.1, 0.15) is 23.9 Å². The fourth-order valence-electron chi connectivity index (χ4n) is 2.93. The Morgan fingerprint density at radius 2 is 1.71 bits per heavy atom. The minimum Gasteiger partial charge on any atom is -0.387 e. The van der Waals surface area contributed by atoms with Crippen LogP contribution in [0.1, 0.15) is 5.56 Å². The summed E-state index contributed by atoms with van der Waals surface area (Å²) in [7, 11) is 0. The Labute approximate surface area is 149 Å². The molecule has 4 N–H and O–H groups in total. The number of hydrogen-bond acceptors (Lipinski definition) is 8. The number of ether oxygens (including phenoxy) is 1. The van der Waals surface area contributed by atoms with Crippen molar-refractivity contribution < 1.29 is 30.0 Å². The van der Waals surface area contributed by atoms with Crippen LogP contribution in [0.4, 0.5) is 0 Å². The van der Waals surface area contributed by atoms with Crippen molar-refractivity contribution in [2.24, 2.45) is 0 Å². The lowest BCUT2D eigenvalue weighted by atomic mass is 9.77. The molecule has 0 bridgehead atoms. The van der Waals surface area contributed by atoms with E-state index in [4.69, 9.17) is 4.74 Å². The van der Waals surface area contributed by atoms with Gasteiger partial charge in [-0.2, -0.15) is 0 Å². The molecule has 0 amide bonds. The van der Waals surface area contributed by atoms with Crippen molar-refractivity contribution in [2.75, 3.05) is 19.1 Å². The molecule has 1 saturated carbocycles. The van der Waals surface area contributed by atoms with Crippen molar-refractivity contribution in [1.82, 2.24) is 0 Å². The first kappa shape index (κ1) is 19.7. The normalized spacial score (nSPS) is 32.8. The average Bonchev–Trinajstić information content (AvgIpc) is 2.61. The van der Waals surface area contributed by atoms with Crippen molar-refractivity contribution >= 4 is 29.3 Å². The summed E-state index contributed by atoms with van der Waals surface area (Å²) < 4.78 is 4.00. The van der Waals surface area contributed by atoms with E-state index in [0.29, 0.717) is 0 Å². The highest BCUT2D eigenvalue weighted by atomic mass is 32.2. The van der Waals surface area contributed by atoms with Crippen LogP contribution in [-0.2, 0) is 16.1 Å². The van der Waals surface area contributed by atoms with E-state index < -0.39 is 33.8 Å². The summed E-state index contributed by atoms with van der Waals surface area (Å²) in [6.07, 6.45) is -2.04. The van der Waals surface area contributed by atoms with E-state index >= 15 is 0 Å². The molecule has 0 radical (unpaired) electrons. The van der Waals surface area contributed by atoms with Crippen molar-refractivity contribution in [3.63, 3.8) is 0 Å². The van der Waals surface area contributed by atoms with Crippen LogP contribution in [0, 0.1) is 0 Å².